The molecule has 0 aliphatic heterocycles. The molecular weight excluding hydrogens is 304 g/mol. The Labute approximate surface area is 120 Å². The van der Waals surface area contributed by atoms with E-state index < -0.39 is 0 Å². The molecule has 0 aliphatic carbocycles. The lowest BCUT2D eigenvalue weighted by Gasteiger charge is -2.20. The van der Waals surface area contributed by atoms with E-state index in [1.54, 1.807) is 0 Å². The van der Waals surface area contributed by atoms with Crippen molar-refractivity contribution in [3.63, 3.8) is 0 Å². The standard InChI is InChI=1S/C16H15BrS/c1-16(2,3)12-5-4-6-14-15(12)11-9-10(17)7-8-13(11)18-14/h4-9H,1-3H3. The monoisotopic (exact) mass is 318 g/mol. The highest BCUT2D eigenvalue weighted by atomic mass is 79.9. The highest BCUT2D eigenvalue weighted by Crippen LogP contribution is 2.40. The fourth-order valence-electron chi connectivity index (χ4n) is 2.42. The van der Waals surface area contributed by atoms with E-state index in [-0.39, 0.29) is 5.41 Å². The van der Waals surface area contributed by atoms with Crippen molar-refractivity contribution in [3.8, 4) is 0 Å². The van der Waals surface area contributed by atoms with Crippen molar-refractivity contribution in [2.45, 2.75) is 26.2 Å². The summed E-state index contributed by atoms with van der Waals surface area (Å²) in [7, 11) is 0. The van der Waals surface area contributed by atoms with Gasteiger partial charge in [0.15, 0.2) is 0 Å². The molecule has 92 valence electrons. The SMILES string of the molecule is CC(C)(C)c1cccc2sc3ccc(Br)cc3c12. The lowest BCUT2D eigenvalue weighted by molar-refractivity contribution is 0.596. The van der Waals surface area contributed by atoms with E-state index in [0.29, 0.717) is 0 Å². The number of hydrogen-bond donors (Lipinski definition) is 0. The zero-order valence-corrected chi connectivity index (χ0v) is 13.2. The van der Waals surface area contributed by atoms with Crippen LogP contribution in [0.2, 0.25) is 0 Å². The van der Waals surface area contributed by atoms with Crippen LogP contribution in [0.5, 0.6) is 0 Å². The summed E-state index contributed by atoms with van der Waals surface area (Å²) in [6.45, 7) is 6.84. The molecule has 2 heteroatoms. The predicted octanol–water partition coefficient (Wildman–Crippen LogP) is 6.11. The third-order valence-electron chi connectivity index (χ3n) is 3.27. The molecule has 0 saturated carbocycles. The second-order valence-corrected chi connectivity index (χ2v) is 7.67. The second-order valence-electron chi connectivity index (χ2n) is 5.67. The molecule has 0 fully saturated rings. The highest BCUT2D eigenvalue weighted by Gasteiger charge is 2.19. The minimum atomic E-state index is 0.176. The Morgan fingerprint density at radius 3 is 2.50 bits per heavy atom. The summed E-state index contributed by atoms with van der Waals surface area (Å²) in [5, 5.41) is 2.79. The molecule has 1 heterocycles. The van der Waals surface area contributed by atoms with Crippen molar-refractivity contribution in [1.82, 2.24) is 0 Å². The van der Waals surface area contributed by atoms with Crippen LogP contribution in [0.4, 0.5) is 0 Å². The molecule has 0 atom stereocenters. The smallest absolute Gasteiger partial charge is 0.0358 e. The van der Waals surface area contributed by atoms with Gasteiger partial charge in [0.2, 0.25) is 0 Å². The maximum atomic E-state index is 3.58. The van der Waals surface area contributed by atoms with Crippen LogP contribution in [0, 0.1) is 0 Å². The van der Waals surface area contributed by atoms with E-state index in [1.807, 2.05) is 11.3 Å². The topological polar surface area (TPSA) is 0 Å². The summed E-state index contributed by atoms with van der Waals surface area (Å²) < 4.78 is 3.90. The molecule has 1 aromatic heterocycles. The fourth-order valence-corrected chi connectivity index (χ4v) is 3.90. The zero-order chi connectivity index (χ0) is 12.9. The first-order chi connectivity index (χ1) is 8.47. The van der Waals surface area contributed by atoms with Crippen LogP contribution in [0.25, 0.3) is 20.2 Å². The maximum absolute atomic E-state index is 3.58. The van der Waals surface area contributed by atoms with Gasteiger partial charge in [0.1, 0.15) is 0 Å². The minimum absolute atomic E-state index is 0.176. The Morgan fingerprint density at radius 1 is 1.00 bits per heavy atom. The molecule has 0 aliphatic rings. The number of hydrogen-bond acceptors (Lipinski definition) is 1. The molecule has 0 unspecified atom stereocenters. The van der Waals surface area contributed by atoms with Gasteiger partial charge in [-0.25, -0.2) is 0 Å². The van der Waals surface area contributed by atoms with Crippen molar-refractivity contribution in [3.05, 3.63) is 46.4 Å². The van der Waals surface area contributed by atoms with E-state index >= 15 is 0 Å². The van der Waals surface area contributed by atoms with Gasteiger partial charge in [0.05, 0.1) is 0 Å². The molecule has 0 saturated heterocycles. The lowest BCUT2D eigenvalue weighted by Crippen LogP contribution is -2.11. The third kappa shape index (κ3) is 1.88. The van der Waals surface area contributed by atoms with Gasteiger partial charge in [0.25, 0.3) is 0 Å². The molecule has 0 amide bonds. The molecule has 18 heavy (non-hydrogen) atoms. The van der Waals surface area contributed by atoms with Crippen molar-refractivity contribution in [2.24, 2.45) is 0 Å². The summed E-state index contributed by atoms with van der Waals surface area (Å²) >= 11 is 5.46. The fraction of sp³-hybridized carbons (Fsp3) is 0.250. The number of halogens is 1. The Morgan fingerprint density at radius 2 is 1.78 bits per heavy atom. The van der Waals surface area contributed by atoms with Crippen LogP contribution in [0.1, 0.15) is 26.3 Å². The lowest BCUT2D eigenvalue weighted by atomic mass is 9.84. The van der Waals surface area contributed by atoms with Gasteiger partial charge in [-0.15, -0.1) is 11.3 Å². The van der Waals surface area contributed by atoms with Crippen LogP contribution in [-0.2, 0) is 5.41 Å². The first-order valence-electron chi connectivity index (χ1n) is 6.08. The van der Waals surface area contributed by atoms with Crippen molar-refractivity contribution in [2.75, 3.05) is 0 Å². The van der Waals surface area contributed by atoms with E-state index in [9.17, 15) is 0 Å². The van der Waals surface area contributed by atoms with Gasteiger partial charge in [0, 0.05) is 24.6 Å². The van der Waals surface area contributed by atoms with Crippen LogP contribution in [0.3, 0.4) is 0 Å². The molecule has 0 radical (unpaired) electrons. The largest absolute Gasteiger partial charge is 0.135 e. The van der Waals surface area contributed by atoms with E-state index in [1.165, 1.54) is 25.7 Å². The minimum Gasteiger partial charge on any atom is -0.135 e. The number of rotatable bonds is 0. The Hall–Kier alpha value is -0.860. The Balaban J connectivity index is 2.52. The Bertz CT molecular complexity index is 732. The van der Waals surface area contributed by atoms with Crippen molar-refractivity contribution < 1.29 is 0 Å². The highest BCUT2D eigenvalue weighted by molar-refractivity contribution is 9.10. The number of benzene rings is 2. The third-order valence-corrected chi connectivity index (χ3v) is 4.89. The molecule has 0 nitrogen and oxygen atoms in total. The van der Waals surface area contributed by atoms with Crippen LogP contribution in [-0.4, -0.2) is 0 Å². The van der Waals surface area contributed by atoms with Gasteiger partial charge >= 0.3 is 0 Å². The molecule has 0 N–H and O–H groups in total. The van der Waals surface area contributed by atoms with Gasteiger partial charge in [-0.3, -0.25) is 0 Å². The quantitative estimate of drug-likeness (QED) is 0.468. The predicted molar refractivity (Wildman–Crippen MR) is 85.7 cm³/mol. The van der Waals surface area contributed by atoms with Crippen LogP contribution < -0.4 is 0 Å². The molecular formula is C16H15BrS. The number of thiophene rings is 1. The second kappa shape index (κ2) is 4.07. The zero-order valence-electron chi connectivity index (χ0n) is 10.8. The van der Waals surface area contributed by atoms with Crippen molar-refractivity contribution in [1.29, 1.82) is 0 Å². The van der Waals surface area contributed by atoms with E-state index in [4.69, 9.17) is 0 Å². The first kappa shape index (κ1) is 12.2. The molecule has 0 spiro atoms. The molecule has 0 bridgehead atoms. The van der Waals surface area contributed by atoms with Gasteiger partial charge < -0.3 is 0 Å². The molecule has 3 rings (SSSR count). The molecule has 3 aromatic rings. The van der Waals surface area contributed by atoms with E-state index in [0.717, 1.165) is 4.47 Å². The Kier molecular flexibility index (Phi) is 2.76. The van der Waals surface area contributed by atoms with Crippen LogP contribution >= 0.6 is 27.3 Å². The van der Waals surface area contributed by atoms with Gasteiger partial charge in [-0.2, -0.15) is 0 Å². The first-order valence-corrected chi connectivity index (χ1v) is 7.69. The summed E-state index contributed by atoms with van der Waals surface area (Å²) in [4.78, 5) is 0. The number of fused-ring (bicyclic) bond motifs is 3. The molecule has 2 aromatic carbocycles. The van der Waals surface area contributed by atoms with Gasteiger partial charge in [-0.05, 0) is 35.2 Å². The summed E-state index contributed by atoms with van der Waals surface area (Å²) in [6, 6.07) is 13.2. The van der Waals surface area contributed by atoms with Gasteiger partial charge in [-0.1, -0.05) is 48.8 Å². The summed E-state index contributed by atoms with van der Waals surface area (Å²) in [6.07, 6.45) is 0. The van der Waals surface area contributed by atoms with Crippen LogP contribution in [0.15, 0.2) is 40.9 Å². The summed E-state index contributed by atoms with van der Waals surface area (Å²) in [5.74, 6) is 0. The normalized spacial score (nSPS) is 12.4. The van der Waals surface area contributed by atoms with Crippen molar-refractivity contribution >= 4 is 47.4 Å². The van der Waals surface area contributed by atoms with E-state index in [2.05, 4.69) is 73.1 Å². The summed E-state index contributed by atoms with van der Waals surface area (Å²) in [5.41, 5.74) is 1.61. The average molecular weight is 319 g/mol. The maximum Gasteiger partial charge on any atom is 0.0358 e. The average Bonchev–Trinajstić information content (AvgIpc) is 2.65.